The summed E-state index contributed by atoms with van der Waals surface area (Å²) in [6.07, 6.45) is 1.41. The number of ether oxygens (including phenoxy) is 3. The van der Waals surface area contributed by atoms with Gasteiger partial charge in [-0.1, -0.05) is 18.2 Å². The third kappa shape index (κ3) is 6.49. The van der Waals surface area contributed by atoms with Gasteiger partial charge in [0.2, 0.25) is 0 Å². The Morgan fingerprint density at radius 1 is 1.07 bits per heavy atom. The van der Waals surface area contributed by atoms with Gasteiger partial charge in [0.05, 0.1) is 31.8 Å². The highest BCUT2D eigenvalue weighted by Gasteiger charge is 2.42. The Hall–Kier alpha value is -2.99. The molecule has 2 N–H and O–H groups in total. The maximum absolute atomic E-state index is 13.3. The number of carbonyl (C=O) groups excluding carboxylic acids is 2. The number of aliphatic hydroxyl groups excluding tert-OH is 1. The van der Waals surface area contributed by atoms with E-state index in [1.807, 2.05) is 38.1 Å². The zero-order valence-electron chi connectivity index (χ0n) is 24.0. The van der Waals surface area contributed by atoms with Crippen molar-refractivity contribution in [2.24, 2.45) is 0 Å². The van der Waals surface area contributed by atoms with Crippen molar-refractivity contribution in [3.8, 4) is 0 Å². The number of nitrogens with one attached hydrogen (secondary N) is 1. The number of benzene rings is 1. The summed E-state index contributed by atoms with van der Waals surface area (Å²) in [5, 5.41) is 14.9. The SMILES string of the molecule is COC(=O)N(CC(O)CN1[C@@H]2CC[C@H]1C[C@@H](NC(=O)c1cc3ccccc3n(C(C)C)c1=O)C2)CC(OC)OC. The molecule has 0 saturated carbocycles. The molecule has 11 heteroatoms. The zero-order valence-corrected chi connectivity index (χ0v) is 24.0. The third-order valence-electron chi connectivity index (χ3n) is 8.11. The van der Waals surface area contributed by atoms with Gasteiger partial charge in [0.15, 0.2) is 6.29 Å². The van der Waals surface area contributed by atoms with Crippen LogP contribution in [0, 0.1) is 0 Å². The number of para-hydroxylation sites is 1. The molecular formula is C29H42N4O7. The number of fused-ring (bicyclic) bond motifs is 3. The van der Waals surface area contributed by atoms with Crippen molar-refractivity contribution in [1.29, 1.82) is 0 Å². The molecule has 4 rings (SSSR count). The second-order valence-corrected chi connectivity index (χ2v) is 11.0. The van der Waals surface area contributed by atoms with E-state index in [9.17, 15) is 19.5 Å². The van der Waals surface area contributed by atoms with Crippen LogP contribution in [-0.2, 0) is 14.2 Å². The first kappa shape index (κ1) is 30.0. The van der Waals surface area contributed by atoms with Crippen molar-refractivity contribution >= 4 is 22.9 Å². The highest BCUT2D eigenvalue weighted by molar-refractivity contribution is 5.97. The molecule has 220 valence electrons. The van der Waals surface area contributed by atoms with Crippen LogP contribution in [0.3, 0.4) is 0 Å². The minimum absolute atomic E-state index is 0.0625. The molecule has 0 radical (unpaired) electrons. The van der Waals surface area contributed by atoms with Gasteiger partial charge in [-0.25, -0.2) is 4.79 Å². The zero-order chi connectivity index (χ0) is 29.0. The van der Waals surface area contributed by atoms with Crippen molar-refractivity contribution in [1.82, 2.24) is 19.7 Å². The van der Waals surface area contributed by atoms with Gasteiger partial charge in [0.1, 0.15) is 5.56 Å². The smallest absolute Gasteiger partial charge is 0.409 e. The molecule has 2 fully saturated rings. The maximum Gasteiger partial charge on any atom is 0.409 e. The van der Waals surface area contributed by atoms with E-state index in [4.69, 9.17) is 14.2 Å². The second-order valence-electron chi connectivity index (χ2n) is 11.0. The first-order chi connectivity index (χ1) is 19.2. The molecular weight excluding hydrogens is 516 g/mol. The lowest BCUT2D eigenvalue weighted by Gasteiger charge is -2.40. The minimum Gasteiger partial charge on any atom is -0.453 e. The molecule has 3 heterocycles. The summed E-state index contributed by atoms with van der Waals surface area (Å²) in [5.41, 5.74) is 0.690. The topological polar surface area (TPSA) is 123 Å². The summed E-state index contributed by atoms with van der Waals surface area (Å²) in [6, 6.07) is 9.55. The number of amides is 2. The van der Waals surface area contributed by atoms with Crippen molar-refractivity contribution < 1.29 is 28.9 Å². The Labute approximate surface area is 235 Å². The van der Waals surface area contributed by atoms with Gasteiger partial charge in [-0.3, -0.25) is 14.5 Å². The van der Waals surface area contributed by atoms with Crippen LogP contribution in [0.25, 0.3) is 10.9 Å². The third-order valence-corrected chi connectivity index (χ3v) is 8.11. The predicted octanol–water partition coefficient (Wildman–Crippen LogP) is 2.36. The summed E-state index contributed by atoms with van der Waals surface area (Å²) in [4.78, 5) is 42.6. The molecule has 2 aliphatic rings. The summed E-state index contributed by atoms with van der Waals surface area (Å²) in [7, 11) is 4.27. The number of carbonyl (C=O) groups is 2. The van der Waals surface area contributed by atoms with Crippen LogP contribution < -0.4 is 10.9 Å². The Balaban J connectivity index is 1.40. The highest BCUT2D eigenvalue weighted by atomic mass is 16.7. The molecule has 40 heavy (non-hydrogen) atoms. The monoisotopic (exact) mass is 558 g/mol. The van der Waals surface area contributed by atoms with Gasteiger partial charge >= 0.3 is 6.09 Å². The van der Waals surface area contributed by atoms with E-state index in [2.05, 4.69) is 10.2 Å². The van der Waals surface area contributed by atoms with Gasteiger partial charge in [0, 0.05) is 44.9 Å². The molecule has 2 aliphatic heterocycles. The summed E-state index contributed by atoms with van der Waals surface area (Å²) >= 11 is 0. The molecule has 1 unspecified atom stereocenters. The average molecular weight is 559 g/mol. The van der Waals surface area contributed by atoms with Crippen LogP contribution in [0.2, 0.25) is 0 Å². The number of aliphatic hydroxyl groups is 1. The van der Waals surface area contributed by atoms with Crippen molar-refractivity contribution in [2.75, 3.05) is 41.0 Å². The molecule has 2 aromatic rings. The lowest BCUT2D eigenvalue weighted by atomic mass is 9.96. The summed E-state index contributed by atoms with van der Waals surface area (Å²) in [6.45, 7) is 4.49. The fourth-order valence-electron chi connectivity index (χ4n) is 6.25. The Bertz CT molecular complexity index is 1230. The Morgan fingerprint density at radius 2 is 1.73 bits per heavy atom. The number of pyridine rings is 1. The molecule has 4 atom stereocenters. The molecule has 2 amide bonds. The van der Waals surface area contributed by atoms with E-state index < -0.39 is 18.5 Å². The van der Waals surface area contributed by atoms with Crippen molar-refractivity contribution in [2.45, 2.75) is 76.1 Å². The van der Waals surface area contributed by atoms with Gasteiger partial charge in [-0.15, -0.1) is 0 Å². The van der Waals surface area contributed by atoms with Gasteiger partial charge in [-0.05, 0) is 57.0 Å². The van der Waals surface area contributed by atoms with Gasteiger partial charge < -0.3 is 34.1 Å². The van der Waals surface area contributed by atoms with E-state index in [0.29, 0.717) is 6.54 Å². The van der Waals surface area contributed by atoms with Crippen LogP contribution in [0.5, 0.6) is 0 Å². The summed E-state index contributed by atoms with van der Waals surface area (Å²) < 4.78 is 17.0. The van der Waals surface area contributed by atoms with Crippen molar-refractivity contribution in [3.63, 3.8) is 0 Å². The molecule has 0 aliphatic carbocycles. The first-order valence-corrected chi connectivity index (χ1v) is 13.9. The number of piperidine rings is 1. The highest BCUT2D eigenvalue weighted by Crippen LogP contribution is 2.36. The van der Waals surface area contributed by atoms with E-state index >= 15 is 0 Å². The van der Waals surface area contributed by atoms with E-state index in [1.54, 1.807) is 10.6 Å². The lowest BCUT2D eigenvalue weighted by Crippen LogP contribution is -2.54. The number of methoxy groups -OCH3 is 3. The van der Waals surface area contributed by atoms with Gasteiger partial charge in [-0.2, -0.15) is 0 Å². The quantitative estimate of drug-likeness (QED) is 0.403. The molecule has 11 nitrogen and oxygen atoms in total. The fraction of sp³-hybridized carbons (Fsp3) is 0.621. The van der Waals surface area contributed by atoms with Crippen LogP contribution in [-0.4, -0.2) is 103 Å². The number of rotatable bonds is 11. The Kier molecular flexibility index (Phi) is 9.83. The predicted molar refractivity (Wildman–Crippen MR) is 150 cm³/mol. The Morgan fingerprint density at radius 3 is 2.33 bits per heavy atom. The fourth-order valence-corrected chi connectivity index (χ4v) is 6.25. The first-order valence-electron chi connectivity index (χ1n) is 13.9. The maximum atomic E-state index is 13.3. The molecule has 2 saturated heterocycles. The van der Waals surface area contributed by atoms with Crippen LogP contribution >= 0.6 is 0 Å². The number of nitrogens with zero attached hydrogens (tertiary/aromatic N) is 3. The lowest BCUT2D eigenvalue weighted by molar-refractivity contribution is -0.116. The van der Waals surface area contributed by atoms with Crippen LogP contribution in [0.15, 0.2) is 35.1 Å². The summed E-state index contributed by atoms with van der Waals surface area (Å²) in [5.74, 6) is -0.345. The van der Waals surface area contributed by atoms with E-state index in [-0.39, 0.29) is 54.3 Å². The van der Waals surface area contributed by atoms with Gasteiger partial charge in [0.25, 0.3) is 11.5 Å². The standard InChI is InChI=1S/C29H42N4O7/c1-18(2)33-25-9-7-6-8-19(25)12-24(28(33)36)27(35)30-20-13-21-10-11-22(14-20)32(21)16-23(34)15-31(29(37)40-5)17-26(38-3)39-4/h6-9,12,18,20-23,26,34H,10-11,13-17H2,1-5H3,(H,30,35)/t20-,21+,22-,23?. The number of aromatic nitrogens is 1. The van der Waals surface area contributed by atoms with E-state index in [0.717, 1.165) is 36.6 Å². The van der Waals surface area contributed by atoms with E-state index in [1.165, 1.54) is 26.2 Å². The molecule has 2 bridgehead atoms. The number of hydrogen-bond acceptors (Lipinski definition) is 8. The average Bonchev–Trinajstić information content (AvgIpc) is 3.15. The minimum atomic E-state index is -0.796. The normalized spacial score (nSPS) is 21.6. The van der Waals surface area contributed by atoms with Crippen LogP contribution in [0.4, 0.5) is 4.79 Å². The molecule has 1 aromatic heterocycles. The largest absolute Gasteiger partial charge is 0.453 e. The second kappa shape index (κ2) is 13.1. The van der Waals surface area contributed by atoms with Crippen molar-refractivity contribution in [3.05, 3.63) is 46.2 Å². The molecule has 0 spiro atoms. The van der Waals surface area contributed by atoms with Crippen LogP contribution in [0.1, 0.15) is 55.9 Å². The molecule has 1 aromatic carbocycles. The number of hydrogen-bond donors (Lipinski definition) is 2.